The Bertz CT molecular complexity index is 458. The van der Waals surface area contributed by atoms with E-state index in [2.05, 4.69) is 29.0 Å². The summed E-state index contributed by atoms with van der Waals surface area (Å²) in [6.07, 6.45) is 0. The summed E-state index contributed by atoms with van der Waals surface area (Å²) in [7, 11) is 2.17. The number of hydrogen-bond donors (Lipinski definition) is 0. The lowest BCUT2D eigenvalue weighted by atomic mass is 10.2. The quantitative estimate of drug-likeness (QED) is 0.758. The lowest BCUT2D eigenvalue weighted by Gasteiger charge is -2.32. The van der Waals surface area contributed by atoms with Crippen LogP contribution in [0.25, 0.3) is 0 Å². The van der Waals surface area contributed by atoms with Crippen LogP contribution < -0.4 is 0 Å². The normalized spacial score (nSPS) is 23.4. The minimum Gasteiger partial charge on any atom is -0.304 e. The number of piperazine rings is 1. The molecule has 3 nitrogen and oxygen atoms in total. The maximum Gasteiger partial charge on any atom is 0.0991 e. The molecule has 0 aromatic heterocycles. The van der Waals surface area contributed by atoms with E-state index in [-0.39, 0.29) is 12.4 Å². The van der Waals surface area contributed by atoms with Gasteiger partial charge in [-0.05, 0) is 30.3 Å². The van der Waals surface area contributed by atoms with Crippen molar-refractivity contribution in [1.29, 1.82) is 5.26 Å². The van der Waals surface area contributed by atoms with Gasteiger partial charge in [0.2, 0.25) is 0 Å². The van der Waals surface area contributed by atoms with E-state index in [0.717, 1.165) is 31.7 Å². The highest BCUT2D eigenvalue weighted by Crippen LogP contribution is 2.46. The van der Waals surface area contributed by atoms with E-state index >= 15 is 0 Å². The van der Waals surface area contributed by atoms with E-state index in [0.29, 0.717) is 6.04 Å². The Labute approximate surface area is 108 Å². The number of hydrogen-bond acceptors (Lipinski definition) is 3. The molecule has 1 saturated heterocycles. The lowest BCUT2D eigenvalue weighted by molar-refractivity contribution is 0.143. The molecule has 1 aromatic rings. The Morgan fingerprint density at radius 1 is 1.18 bits per heavy atom. The third kappa shape index (κ3) is 2.16. The first-order valence-corrected chi connectivity index (χ1v) is 5.76. The van der Waals surface area contributed by atoms with Gasteiger partial charge in [0, 0.05) is 26.2 Å². The molecule has 0 bridgehead atoms. The van der Waals surface area contributed by atoms with Gasteiger partial charge in [-0.3, -0.25) is 4.90 Å². The fourth-order valence-electron chi connectivity index (χ4n) is 2.53. The maximum atomic E-state index is 8.85. The summed E-state index contributed by atoms with van der Waals surface area (Å²) in [6.45, 7) is 4.57. The van der Waals surface area contributed by atoms with Crippen molar-refractivity contribution in [2.45, 2.75) is 6.04 Å². The molecule has 1 aliphatic heterocycles. The first-order chi connectivity index (χ1) is 7.79. The van der Waals surface area contributed by atoms with E-state index < -0.39 is 0 Å². The predicted octanol–water partition coefficient (Wildman–Crippen LogP) is 1.63. The van der Waals surface area contributed by atoms with E-state index in [1.165, 1.54) is 11.1 Å². The fraction of sp³-hybridized carbons (Fsp3) is 0.462. The molecule has 1 aliphatic carbocycles. The summed E-state index contributed by atoms with van der Waals surface area (Å²) in [6, 6.07) is 8.79. The maximum absolute atomic E-state index is 8.85. The first-order valence-electron chi connectivity index (χ1n) is 5.76. The highest BCUT2D eigenvalue weighted by molar-refractivity contribution is 5.85. The number of nitrogens with zero attached hydrogens (tertiary/aromatic N) is 3. The third-order valence-corrected chi connectivity index (χ3v) is 3.62. The van der Waals surface area contributed by atoms with Gasteiger partial charge in [-0.2, -0.15) is 5.26 Å². The standard InChI is InChI=1S/C13H15N3.ClH/c1-15-4-6-16(7-5-15)13-11-3-2-10(9-14)8-12(11)13;/h2-3,8,13H,4-7H2,1H3;1H. The van der Waals surface area contributed by atoms with Crippen molar-refractivity contribution in [2.24, 2.45) is 0 Å². The van der Waals surface area contributed by atoms with Crippen LogP contribution in [0.4, 0.5) is 0 Å². The van der Waals surface area contributed by atoms with Crippen LogP contribution in [0.3, 0.4) is 0 Å². The Hall–Kier alpha value is -1.08. The van der Waals surface area contributed by atoms with Gasteiger partial charge in [0.05, 0.1) is 17.7 Å². The van der Waals surface area contributed by atoms with E-state index in [9.17, 15) is 0 Å². The Balaban J connectivity index is 0.00000108. The van der Waals surface area contributed by atoms with Crippen molar-refractivity contribution in [3.63, 3.8) is 0 Å². The van der Waals surface area contributed by atoms with Crippen LogP contribution >= 0.6 is 12.4 Å². The van der Waals surface area contributed by atoms with Gasteiger partial charge in [-0.25, -0.2) is 0 Å². The topological polar surface area (TPSA) is 30.3 Å². The summed E-state index contributed by atoms with van der Waals surface area (Å²) >= 11 is 0. The zero-order valence-electron chi connectivity index (χ0n) is 9.89. The van der Waals surface area contributed by atoms with Gasteiger partial charge in [0.1, 0.15) is 0 Å². The number of likely N-dealkylation sites (N-methyl/N-ethyl adjacent to an activating group) is 1. The number of nitriles is 1. The summed E-state index contributed by atoms with van der Waals surface area (Å²) in [5.74, 6) is 0. The van der Waals surface area contributed by atoms with Crippen LogP contribution in [0.5, 0.6) is 0 Å². The number of fused-ring (bicyclic) bond motifs is 1. The molecule has 3 rings (SSSR count). The van der Waals surface area contributed by atoms with Crippen LogP contribution in [0.2, 0.25) is 0 Å². The second kappa shape index (κ2) is 4.66. The third-order valence-electron chi connectivity index (χ3n) is 3.62. The second-order valence-corrected chi connectivity index (χ2v) is 4.70. The Morgan fingerprint density at radius 3 is 2.53 bits per heavy atom. The number of halogens is 1. The molecule has 1 aromatic carbocycles. The monoisotopic (exact) mass is 249 g/mol. The number of rotatable bonds is 1. The van der Waals surface area contributed by atoms with Crippen molar-refractivity contribution in [3.8, 4) is 6.07 Å². The summed E-state index contributed by atoms with van der Waals surface area (Å²) in [4.78, 5) is 4.88. The highest BCUT2D eigenvalue weighted by atomic mass is 35.5. The van der Waals surface area contributed by atoms with Crippen molar-refractivity contribution < 1.29 is 0 Å². The van der Waals surface area contributed by atoms with E-state index in [4.69, 9.17) is 5.26 Å². The molecule has 2 aliphatic rings. The second-order valence-electron chi connectivity index (χ2n) is 4.70. The average molecular weight is 250 g/mol. The molecule has 90 valence electrons. The molecule has 1 fully saturated rings. The van der Waals surface area contributed by atoms with Crippen LogP contribution in [0.15, 0.2) is 18.2 Å². The van der Waals surface area contributed by atoms with Gasteiger partial charge < -0.3 is 4.90 Å². The fourth-order valence-corrected chi connectivity index (χ4v) is 2.53. The molecule has 1 unspecified atom stereocenters. The molecule has 4 heteroatoms. The minimum atomic E-state index is 0. The minimum absolute atomic E-state index is 0. The highest BCUT2D eigenvalue weighted by Gasteiger charge is 2.38. The van der Waals surface area contributed by atoms with E-state index in [1.54, 1.807) is 0 Å². The summed E-state index contributed by atoms with van der Waals surface area (Å²) < 4.78 is 0. The van der Waals surface area contributed by atoms with Crippen molar-refractivity contribution in [3.05, 3.63) is 34.9 Å². The molecule has 0 radical (unpaired) electrons. The van der Waals surface area contributed by atoms with Gasteiger partial charge in [0.25, 0.3) is 0 Å². The molecule has 0 saturated carbocycles. The molecular formula is C13H16ClN3. The molecule has 0 N–H and O–H groups in total. The zero-order valence-corrected chi connectivity index (χ0v) is 10.7. The number of benzene rings is 1. The van der Waals surface area contributed by atoms with Crippen molar-refractivity contribution in [2.75, 3.05) is 33.2 Å². The smallest absolute Gasteiger partial charge is 0.0991 e. The molecule has 0 amide bonds. The van der Waals surface area contributed by atoms with Gasteiger partial charge >= 0.3 is 0 Å². The van der Waals surface area contributed by atoms with Crippen molar-refractivity contribution in [1.82, 2.24) is 9.80 Å². The summed E-state index contributed by atoms with van der Waals surface area (Å²) in [5, 5.41) is 8.85. The zero-order chi connectivity index (χ0) is 11.1. The van der Waals surface area contributed by atoms with E-state index in [1.807, 2.05) is 12.1 Å². The van der Waals surface area contributed by atoms with Gasteiger partial charge in [-0.1, -0.05) is 6.07 Å². The Kier molecular flexibility index (Phi) is 3.39. The predicted molar refractivity (Wildman–Crippen MR) is 69.3 cm³/mol. The van der Waals surface area contributed by atoms with Crippen molar-refractivity contribution >= 4 is 12.4 Å². The van der Waals surface area contributed by atoms with Crippen LogP contribution in [-0.2, 0) is 0 Å². The molecule has 0 spiro atoms. The Morgan fingerprint density at radius 2 is 1.88 bits per heavy atom. The molecule has 1 atom stereocenters. The molecular weight excluding hydrogens is 234 g/mol. The van der Waals surface area contributed by atoms with Crippen LogP contribution in [0, 0.1) is 11.3 Å². The lowest BCUT2D eigenvalue weighted by Crippen LogP contribution is -2.43. The van der Waals surface area contributed by atoms with Crippen LogP contribution in [-0.4, -0.2) is 43.0 Å². The van der Waals surface area contributed by atoms with Gasteiger partial charge in [-0.15, -0.1) is 12.4 Å². The SMILES string of the molecule is CN1CCN(C2c3ccc(C#N)cc32)CC1.Cl. The molecule has 1 heterocycles. The average Bonchev–Trinajstić information content (AvgIpc) is 3.03. The first kappa shape index (κ1) is 12.4. The summed E-state index contributed by atoms with van der Waals surface area (Å²) in [5.41, 5.74) is 3.57. The largest absolute Gasteiger partial charge is 0.304 e. The molecule has 17 heavy (non-hydrogen) atoms. The van der Waals surface area contributed by atoms with Crippen LogP contribution in [0.1, 0.15) is 22.7 Å². The van der Waals surface area contributed by atoms with Gasteiger partial charge in [0.15, 0.2) is 0 Å².